The Hall–Kier alpha value is -1.65. The lowest BCUT2D eigenvalue weighted by molar-refractivity contribution is 0.230. The summed E-state index contributed by atoms with van der Waals surface area (Å²) in [7, 11) is 0. The lowest BCUT2D eigenvalue weighted by Gasteiger charge is -2.22. The molecule has 112 valence electrons. The third-order valence-electron chi connectivity index (χ3n) is 4.06. The van der Waals surface area contributed by atoms with E-state index in [1.165, 1.54) is 12.8 Å². The molecule has 1 N–H and O–H groups in total. The van der Waals surface area contributed by atoms with Crippen LogP contribution in [0.25, 0.3) is 11.3 Å². The molecule has 1 fully saturated rings. The van der Waals surface area contributed by atoms with Gasteiger partial charge >= 0.3 is 0 Å². The van der Waals surface area contributed by atoms with Crippen molar-refractivity contribution in [1.82, 2.24) is 15.2 Å². The van der Waals surface area contributed by atoms with Crippen LogP contribution >= 0.6 is 0 Å². The molecule has 1 saturated heterocycles. The van der Waals surface area contributed by atoms with E-state index < -0.39 is 0 Å². The maximum atomic E-state index is 5.89. The molecule has 1 unspecified atom stereocenters. The minimum atomic E-state index is 0.619. The Kier molecular flexibility index (Phi) is 4.68. The predicted molar refractivity (Wildman–Crippen MR) is 83.9 cm³/mol. The number of hydrogen-bond donors (Lipinski definition) is 1. The average molecular weight is 285 g/mol. The van der Waals surface area contributed by atoms with Crippen molar-refractivity contribution in [2.45, 2.75) is 32.4 Å². The van der Waals surface area contributed by atoms with Gasteiger partial charge in [0.2, 0.25) is 5.89 Å². The highest BCUT2D eigenvalue weighted by molar-refractivity contribution is 5.55. The fraction of sp³-hybridized carbons (Fsp3) is 0.471. The summed E-state index contributed by atoms with van der Waals surface area (Å²) >= 11 is 0. The number of oxazole rings is 1. The molecule has 2 aromatic rings. The first-order valence-electron chi connectivity index (χ1n) is 7.81. The third-order valence-corrected chi connectivity index (χ3v) is 4.06. The third kappa shape index (κ3) is 3.71. The van der Waals surface area contributed by atoms with Crippen molar-refractivity contribution in [1.29, 1.82) is 0 Å². The minimum Gasteiger partial charge on any atom is -0.439 e. The average Bonchev–Trinajstić information content (AvgIpc) is 3.19. The molecule has 0 saturated carbocycles. The molecule has 0 spiro atoms. The van der Waals surface area contributed by atoms with E-state index in [2.05, 4.69) is 22.1 Å². The number of nitrogens with zero attached hydrogens (tertiary/aromatic N) is 2. The Morgan fingerprint density at radius 2 is 2.19 bits per heavy atom. The van der Waals surface area contributed by atoms with Gasteiger partial charge in [-0.1, -0.05) is 37.3 Å². The Bertz CT molecular complexity index is 546. The molecule has 21 heavy (non-hydrogen) atoms. The van der Waals surface area contributed by atoms with E-state index in [4.69, 9.17) is 4.42 Å². The van der Waals surface area contributed by atoms with E-state index in [9.17, 15) is 0 Å². The molecule has 1 aromatic heterocycles. The topological polar surface area (TPSA) is 41.3 Å². The van der Waals surface area contributed by atoms with E-state index in [1.54, 1.807) is 0 Å². The first kappa shape index (κ1) is 14.3. The number of rotatable bonds is 6. The largest absolute Gasteiger partial charge is 0.439 e. The molecular weight excluding hydrogens is 262 g/mol. The van der Waals surface area contributed by atoms with E-state index in [0.717, 1.165) is 43.4 Å². The number of nitrogens with one attached hydrogen (secondary N) is 1. The lowest BCUT2D eigenvalue weighted by Crippen LogP contribution is -2.37. The van der Waals surface area contributed by atoms with E-state index in [-0.39, 0.29) is 0 Å². The Morgan fingerprint density at radius 1 is 1.33 bits per heavy atom. The van der Waals surface area contributed by atoms with Crippen molar-refractivity contribution in [2.24, 2.45) is 0 Å². The fourth-order valence-electron chi connectivity index (χ4n) is 2.84. The van der Waals surface area contributed by atoms with Gasteiger partial charge in [0.05, 0.1) is 12.7 Å². The molecule has 3 rings (SSSR count). The Labute approximate surface area is 126 Å². The first-order valence-corrected chi connectivity index (χ1v) is 7.81. The second-order valence-electron chi connectivity index (χ2n) is 5.61. The van der Waals surface area contributed by atoms with Gasteiger partial charge in [-0.05, 0) is 25.9 Å². The molecule has 1 aromatic carbocycles. The summed E-state index contributed by atoms with van der Waals surface area (Å²) in [6.07, 6.45) is 4.39. The Morgan fingerprint density at radius 3 is 2.90 bits per heavy atom. The smallest absolute Gasteiger partial charge is 0.209 e. The van der Waals surface area contributed by atoms with E-state index in [1.807, 2.05) is 36.5 Å². The maximum Gasteiger partial charge on any atom is 0.209 e. The summed E-state index contributed by atoms with van der Waals surface area (Å²) in [5.74, 6) is 1.65. The summed E-state index contributed by atoms with van der Waals surface area (Å²) in [6.45, 7) is 6.21. The van der Waals surface area contributed by atoms with Gasteiger partial charge in [-0.15, -0.1) is 0 Å². The molecule has 1 aliphatic heterocycles. The molecule has 1 atom stereocenters. The summed E-state index contributed by atoms with van der Waals surface area (Å²) in [5.41, 5.74) is 1.08. The molecular formula is C17H23N3O. The van der Waals surface area contributed by atoms with Crippen LogP contribution in [0.4, 0.5) is 0 Å². The van der Waals surface area contributed by atoms with Crippen molar-refractivity contribution in [3.05, 3.63) is 42.4 Å². The van der Waals surface area contributed by atoms with Crippen LogP contribution in [-0.2, 0) is 6.54 Å². The zero-order valence-electron chi connectivity index (χ0n) is 12.6. The second kappa shape index (κ2) is 6.87. The summed E-state index contributed by atoms with van der Waals surface area (Å²) < 4.78 is 5.89. The highest BCUT2D eigenvalue weighted by Gasteiger charge is 2.18. The van der Waals surface area contributed by atoms with E-state index >= 15 is 0 Å². The van der Waals surface area contributed by atoms with Crippen LogP contribution < -0.4 is 5.32 Å². The van der Waals surface area contributed by atoms with Crippen LogP contribution in [0.1, 0.15) is 25.7 Å². The monoisotopic (exact) mass is 285 g/mol. The van der Waals surface area contributed by atoms with Crippen LogP contribution in [0, 0.1) is 0 Å². The zero-order chi connectivity index (χ0) is 14.5. The van der Waals surface area contributed by atoms with Crippen LogP contribution in [0.5, 0.6) is 0 Å². The number of hydrogen-bond acceptors (Lipinski definition) is 4. The van der Waals surface area contributed by atoms with Gasteiger partial charge in [0.1, 0.15) is 0 Å². The molecule has 0 aliphatic carbocycles. The standard InChI is InChI=1S/C17H23N3O/c1-2-20(12-15-9-6-10-18-15)13-17-19-11-16(21-17)14-7-4-3-5-8-14/h3-5,7-8,11,15,18H,2,6,9-10,12-13H2,1H3. The predicted octanol–water partition coefficient (Wildman–Crippen LogP) is 2.92. The van der Waals surface area contributed by atoms with E-state index in [0.29, 0.717) is 6.04 Å². The number of aromatic nitrogens is 1. The van der Waals surface area contributed by atoms with Crippen LogP contribution in [-0.4, -0.2) is 35.6 Å². The van der Waals surface area contributed by atoms with Gasteiger partial charge in [0, 0.05) is 18.2 Å². The molecule has 4 nitrogen and oxygen atoms in total. The summed E-state index contributed by atoms with van der Waals surface area (Å²) in [6, 6.07) is 10.8. The van der Waals surface area contributed by atoms with Crippen molar-refractivity contribution < 1.29 is 4.42 Å². The fourth-order valence-corrected chi connectivity index (χ4v) is 2.84. The maximum absolute atomic E-state index is 5.89. The highest BCUT2D eigenvalue weighted by atomic mass is 16.4. The minimum absolute atomic E-state index is 0.619. The quantitative estimate of drug-likeness (QED) is 0.886. The van der Waals surface area contributed by atoms with Gasteiger partial charge in [0.15, 0.2) is 5.76 Å². The van der Waals surface area contributed by atoms with Crippen molar-refractivity contribution in [3.63, 3.8) is 0 Å². The summed E-state index contributed by atoms with van der Waals surface area (Å²) in [4.78, 5) is 6.82. The van der Waals surface area contributed by atoms with Gasteiger partial charge in [-0.2, -0.15) is 0 Å². The molecule has 0 radical (unpaired) electrons. The number of likely N-dealkylation sites (N-methyl/N-ethyl adjacent to an activating group) is 1. The Balaban J connectivity index is 1.62. The van der Waals surface area contributed by atoms with Gasteiger partial charge in [-0.25, -0.2) is 4.98 Å². The molecule has 4 heteroatoms. The molecule has 2 heterocycles. The highest BCUT2D eigenvalue weighted by Crippen LogP contribution is 2.20. The van der Waals surface area contributed by atoms with Crippen LogP contribution in [0.15, 0.2) is 40.9 Å². The molecule has 0 bridgehead atoms. The van der Waals surface area contributed by atoms with Crippen LogP contribution in [0.2, 0.25) is 0 Å². The SMILES string of the molecule is CCN(Cc1ncc(-c2ccccc2)o1)CC1CCCN1. The number of benzene rings is 1. The lowest BCUT2D eigenvalue weighted by atomic mass is 10.2. The van der Waals surface area contributed by atoms with Gasteiger partial charge in [0.25, 0.3) is 0 Å². The first-order chi connectivity index (χ1) is 10.3. The van der Waals surface area contributed by atoms with Crippen molar-refractivity contribution >= 4 is 0 Å². The second-order valence-corrected chi connectivity index (χ2v) is 5.61. The van der Waals surface area contributed by atoms with Gasteiger partial charge < -0.3 is 9.73 Å². The van der Waals surface area contributed by atoms with Crippen LogP contribution in [0.3, 0.4) is 0 Å². The molecule has 0 amide bonds. The zero-order valence-corrected chi connectivity index (χ0v) is 12.6. The van der Waals surface area contributed by atoms with Crippen molar-refractivity contribution in [2.75, 3.05) is 19.6 Å². The van der Waals surface area contributed by atoms with Gasteiger partial charge in [-0.3, -0.25) is 4.90 Å². The molecule has 1 aliphatic rings. The summed E-state index contributed by atoms with van der Waals surface area (Å²) in [5, 5.41) is 3.55. The normalized spacial score (nSPS) is 18.5. The van der Waals surface area contributed by atoms with Crippen molar-refractivity contribution in [3.8, 4) is 11.3 Å².